The summed E-state index contributed by atoms with van der Waals surface area (Å²) in [7, 11) is 0. The van der Waals surface area contributed by atoms with Gasteiger partial charge in [0, 0.05) is 10.6 Å². The van der Waals surface area contributed by atoms with Crippen LogP contribution in [0, 0.1) is 0 Å². The van der Waals surface area contributed by atoms with Crippen LogP contribution in [0.3, 0.4) is 0 Å². The van der Waals surface area contributed by atoms with Crippen LogP contribution in [-0.4, -0.2) is 14.8 Å². The van der Waals surface area contributed by atoms with Gasteiger partial charge >= 0.3 is 5.69 Å². The number of hydrogen-bond acceptors (Lipinski definition) is 3. The Kier molecular flexibility index (Phi) is 2.62. The molecule has 0 fully saturated rings. The number of anilines is 1. The summed E-state index contributed by atoms with van der Waals surface area (Å²) in [4.78, 5) is 11.9. The van der Waals surface area contributed by atoms with Crippen molar-refractivity contribution in [1.29, 1.82) is 0 Å². The van der Waals surface area contributed by atoms with Crippen molar-refractivity contribution in [2.75, 3.05) is 5.32 Å². The first-order valence-corrected chi connectivity index (χ1v) is 6.90. The zero-order valence-corrected chi connectivity index (χ0v) is 11.6. The normalized spacial score (nSPS) is 16.0. The fraction of sp³-hybridized carbons (Fsp3) is 0.0667. The molecule has 3 aromatic rings. The summed E-state index contributed by atoms with van der Waals surface area (Å²) >= 11 is 6.13. The Morgan fingerprint density at radius 3 is 2.76 bits per heavy atom. The topological polar surface area (TPSA) is 62.7 Å². The van der Waals surface area contributed by atoms with Gasteiger partial charge in [-0.2, -0.15) is 0 Å². The molecule has 2 heterocycles. The minimum atomic E-state index is -0.271. The van der Waals surface area contributed by atoms with Gasteiger partial charge in [-0.25, -0.2) is 14.5 Å². The summed E-state index contributed by atoms with van der Waals surface area (Å²) in [5, 5.41) is 10.4. The summed E-state index contributed by atoms with van der Waals surface area (Å²) < 4.78 is 1.52. The van der Waals surface area contributed by atoms with Crippen molar-refractivity contribution in [3.05, 3.63) is 75.2 Å². The largest absolute Gasteiger partial charge is 0.349 e. The minimum absolute atomic E-state index is 0.0948. The van der Waals surface area contributed by atoms with Crippen LogP contribution in [0.25, 0.3) is 5.69 Å². The number of hydrogen-bond donors (Lipinski definition) is 2. The molecule has 0 amide bonds. The van der Waals surface area contributed by atoms with Crippen molar-refractivity contribution in [3.8, 4) is 5.69 Å². The predicted molar refractivity (Wildman–Crippen MR) is 81.1 cm³/mol. The molecule has 21 heavy (non-hydrogen) atoms. The third-order valence-electron chi connectivity index (χ3n) is 3.62. The van der Waals surface area contributed by atoms with E-state index in [2.05, 4.69) is 15.5 Å². The zero-order chi connectivity index (χ0) is 14.4. The number of benzene rings is 2. The molecule has 1 atom stereocenters. The van der Waals surface area contributed by atoms with Crippen molar-refractivity contribution in [2.45, 2.75) is 6.04 Å². The summed E-state index contributed by atoms with van der Waals surface area (Å²) in [6, 6.07) is 15.4. The molecule has 5 nitrogen and oxygen atoms in total. The number of nitrogens with one attached hydrogen (secondary N) is 2. The first kappa shape index (κ1) is 12.2. The minimum Gasteiger partial charge on any atom is -0.343 e. The molecule has 0 saturated carbocycles. The second-order valence-electron chi connectivity index (χ2n) is 4.88. The van der Waals surface area contributed by atoms with E-state index < -0.39 is 0 Å². The Labute approximate surface area is 125 Å². The smallest absolute Gasteiger partial charge is 0.343 e. The average Bonchev–Trinajstić information content (AvgIpc) is 2.88. The van der Waals surface area contributed by atoms with Gasteiger partial charge in [0.25, 0.3) is 0 Å². The van der Waals surface area contributed by atoms with Gasteiger partial charge < -0.3 is 5.32 Å². The first-order valence-electron chi connectivity index (χ1n) is 6.53. The van der Waals surface area contributed by atoms with Gasteiger partial charge in [0.15, 0.2) is 0 Å². The van der Waals surface area contributed by atoms with Crippen molar-refractivity contribution in [1.82, 2.24) is 14.8 Å². The lowest BCUT2D eigenvalue weighted by atomic mass is 9.96. The second kappa shape index (κ2) is 4.49. The molecule has 1 aliphatic rings. The van der Waals surface area contributed by atoms with Gasteiger partial charge in [0.05, 0.1) is 11.7 Å². The van der Waals surface area contributed by atoms with Gasteiger partial charge in [-0.15, -0.1) is 5.10 Å². The molecule has 4 rings (SSSR count). The third-order valence-corrected chi connectivity index (χ3v) is 3.86. The fourth-order valence-corrected chi connectivity index (χ4v) is 2.87. The van der Waals surface area contributed by atoms with E-state index in [9.17, 15) is 4.79 Å². The quantitative estimate of drug-likeness (QED) is 0.726. The molecule has 0 bridgehead atoms. The number of aromatic nitrogens is 3. The molecule has 0 saturated heterocycles. The third kappa shape index (κ3) is 1.86. The molecule has 0 aliphatic carbocycles. The molecular weight excluding hydrogens is 288 g/mol. The van der Waals surface area contributed by atoms with Crippen LogP contribution in [-0.2, 0) is 0 Å². The SMILES string of the molecule is O=c1[nH]nc2n1-c1ccc(Cl)cc1C(c1ccccc1)N2. The highest BCUT2D eigenvalue weighted by Gasteiger charge is 2.27. The maximum Gasteiger partial charge on any atom is 0.349 e. The first-order chi connectivity index (χ1) is 10.2. The Bertz CT molecular complexity index is 869. The van der Waals surface area contributed by atoms with E-state index in [1.807, 2.05) is 42.5 Å². The van der Waals surface area contributed by atoms with E-state index in [0.29, 0.717) is 11.0 Å². The highest BCUT2D eigenvalue weighted by Crippen LogP contribution is 2.36. The average molecular weight is 299 g/mol. The van der Waals surface area contributed by atoms with Gasteiger partial charge in [0.1, 0.15) is 0 Å². The van der Waals surface area contributed by atoms with Crippen molar-refractivity contribution < 1.29 is 0 Å². The van der Waals surface area contributed by atoms with Crippen LogP contribution in [0.15, 0.2) is 53.3 Å². The lowest BCUT2D eigenvalue weighted by molar-refractivity contribution is 0.827. The van der Waals surface area contributed by atoms with Crippen LogP contribution in [0.4, 0.5) is 5.95 Å². The number of fused-ring (bicyclic) bond motifs is 3. The Morgan fingerprint density at radius 1 is 1.14 bits per heavy atom. The molecule has 6 heteroatoms. The molecule has 0 radical (unpaired) electrons. The molecule has 2 N–H and O–H groups in total. The second-order valence-corrected chi connectivity index (χ2v) is 5.32. The Balaban J connectivity index is 1.98. The maximum absolute atomic E-state index is 11.9. The highest BCUT2D eigenvalue weighted by molar-refractivity contribution is 6.30. The van der Waals surface area contributed by atoms with E-state index in [0.717, 1.165) is 16.8 Å². The van der Waals surface area contributed by atoms with E-state index in [-0.39, 0.29) is 11.7 Å². The van der Waals surface area contributed by atoms with Crippen molar-refractivity contribution in [3.63, 3.8) is 0 Å². The molecule has 2 aromatic carbocycles. The standard InChI is InChI=1S/C15H11ClN4O/c16-10-6-7-12-11(8-10)13(9-4-2-1-3-5-9)17-14-18-19-15(21)20(12)14/h1-8,13H,(H,17,18)(H,19,21). The summed E-state index contributed by atoms with van der Waals surface area (Å²) in [6.45, 7) is 0. The van der Waals surface area contributed by atoms with Gasteiger partial charge in [-0.05, 0) is 23.8 Å². The zero-order valence-electron chi connectivity index (χ0n) is 10.9. The Hall–Kier alpha value is -2.53. The number of nitrogens with zero attached hydrogens (tertiary/aromatic N) is 2. The maximum atomic E-state index is 11.9. The van der Waals surface area contributed by atoms with Crippen LogP contribution in [0.1, 0.15) is 17.2 Å². The molecule has 1 unspecified atom stereocenters. The lowest BCUT2D eigenvalue weighted by Gasteiger charge is -2.27. The van der Waals surface area contributed by atoms with Crippen LogP contribution in [0.2, 0.25) is 5.02 Å². The molecule has 104 valence electrons. The predicted octanol–water partition coefficient (Wildman–Crippen LogP) is 2.73. The molecule has 0 spiro atoms. The van der Waals surface area contributed by atoms with E-state index in [1.165, 1.54) is 4.57 Å². The number of rotatable bonds is 1. The van der Waals surface area contributed by atoms with Crippen LogP contribution >= 0.6 is 11.6 Å². The van der Waals surface area contributed by atoms with Gasteiger partial charge in [0.2, 0.25) is 5.95 Å². The van der Waals surface area contributed by atoms with Crippen molar-refractivity contribution >= 4 is 17.5 Å². The molecule has 1 aromatic heterocycles. The highest BCUT2D eigenvalue weighted by atomic mass is 35.5. The van der Waals surface area contributed by atoms with Gasteiger partial charge in [-0.3, -0.25) is 0 Å². The fourth-order valence-electron chi connectivity index (χ4n) is 2.69. The number of halogens is 1. The summed E-state index contributed by atoms with van der Waals surface area (Å²) in [5.74, 6) is 0.503. The van der Waals surface area contributed by atoms with Crippen molar-refractivity contribution in [2.24, 2.45) is 0 Å². The summed E-state index contributed by atoms with van der Waals surface area (Å²) in [6.07, 6.45) is 0. The molecular formula is C15H11ClN4O. The Morgan fingerprint density at radius 2 is 1.95 bits per heavy atom. The van der Waals surface area contributed by atoms with Gasteiger partial charge in [-0.1, -0.05) is 41.9 Å². The monoisotopic (exact) mass is 298 g/mol. The van der Waals surface area contributed by atoms with E-state index in [4.69, 9.17) is 11.6 Å². The van der Waals surface area contributed by atoms with E-state index >= 15 is 0 Å². The van der Waals surface area contributed by atoms with Crippen LogP contribution < -0.4 is 11.0 Å². The lowest BCUT2D eigenvalue weighted by Crippen LogP contribution is -2.27. The van der Waals surface area contributed by atoms with E-state index in [1.54, 1.807) is 6.07 Å². The van der Waals surface area contributed by atoms with Crippen LogP contribution in [0.5, 0.6) is 0 Å². The summed E-state index contributed by atoms with van der Waals surface area (Å²) in [5.41, 5.74) is 2.56. The number of H-pyrrole nitrogens is 1. The molecule has 1 aliphatic heterocycles. The number of aromatic amines is 1.